The number of Topliss-reactive ketones (excluding diaryl/α,β-unsaturated/α-hetero) is 1. The summed E-state index contributed by atoms with van der Waals surface area (Å²) >= 11 is 0. The number of ketones is 1. The Morgan fingerprint density at radius 1 is 1.39 bits per heavy atom. The molecule has 4 atom stereocenters. The number of likely N-dealkylation sites (N-methyl/N-ethyl adjacent to an activating group) is 1. The first kappa shape index (κ1) is 13.8. The van der Waals surface area contributed by atoms with Gasteiger partial charge in [0.25, 0.3) is 0 Å². The minimum Gasteiger partial charge on any atom is -0.493 e. The number of methoxy groups -OCH3 is 1. The molecule has 2 bridgehead atoms. The fourth-order valence-corrected chi connectivity index (χ4v) is 5.69. The lowest BCUT2D eigenvalue weighted by molar-refractivity contribution is -0.185. The van der Waals surface area contributed by atoms with Gasteiger partial charge in [0, 0.05) is 18.0 Å². The summed E-state index contributed by atoms with van der Waals surface area (Å²) in [7, 11) is 3.70. The van der Waals surface area contributed by atoms with Crippen LogP contribution in [0.25, 0.3) is 0 Å². The molecule has 23 heavy (non-hydrogen) atoms. The van der Waals surface area contributed by atoms with Gasteiger partial charge in [-0.1, -0.05) is 6.07 Å². The van der Waals surface area contributed by atoms with Gasteiger partial charge in [-0.3, -0.25) is 4.79 Å². The van der Waals surface area contributed by atoms with Crippen molar-refractivity contribution < 1.29 is 19.4 Å². The Morgan fingerprint density at radius 2 is 2.22 bits per heavy atom. The first-order chi connectivity index (χ1) is 11.0. The molecular formula is C18H21NO4. The van der Waals surface area contributed by atoms with E-state index in [-0.39, 0.29) is 11.8 Å². The van der Waals surface area contributed by atoms with Gasteiger partial charge in [-0.15, -0.1) is 0 Å². The topological polar surface area (TPSA) is 59.0 Å². The van der Waals surface area contributed by atoms with E-state index in [4.69, 9.17) is 9.47 Å². The fourth-order valence-electron chi connectivity index (χ4n) is 5.69. The van der Waals surface area contributed by atoms with Crippen LogP contribution < -0.4 is 9.47 Å². The van der Waals surface area contributed by atoms with Gasteiger partial charge in [0.15, 0.2) is 23.4 Å². The summed E-state index contributed by atoms with van der Waals surface area (Å²) < 4.78 is 11.6. The van der Waals surface area contributed by atoms with Gasteiger partial charge in [0.05, 0.1) is 18.1 Å². The van der Waals surface area contributed by atoms with Gasteiger partial charge in [-0.25, -0.2) is 0 Å². The van der Waals surface area contributed by atoms with Crippen molar-refractivity contribution in [2.24, 2.45) is 0 Å². The zero-order valence-corrected chi connectivity index (χ0v) is 13.5. The van der Waals surface area contributed by atoms with E-state index in [1.54, 1.807) is 7.11 Å². The van der Waals surface area contributed by atoms with Crippen molar-refractivity contribution in [2.75, 3.05) is 20.7 Å². The number of aliphatic hydroxyl groups is 1. The molecule has 2 aliphatic heterocycles. The molecule has 122 valence electrons. The summed E-state index contributed by atoms with van der Waals surface area (Å²) in [5, 5.41) is 11.7. The molecule has 4 aliphatic rings. The van der Waals surface area contributed by atoms with Crippen LogP contribution in [-0.2, 0) is 16.6 Å². The number of nitrogens with zero attached hydrogens (tertiary/aromatic N) is 1. The average molecular weight is 315 g/mol. The normalized spacial score (nSPS) is 40.6. The van der Waals surface area contributed by atoms with E-state index in [1.165, 1.54) is 5.56 Å². The van der Waals surface area contributed by atoms with E-state index in [1.807, 2.05) is 6.07 Å². The number of carbonyl (C=O) groups excluding carboxylic acids is 1. The summed E-state index contributed by atoms with van der Waals surface area (Å²) in [4.78, 5) is 14.9. The first-order valence-electron chi connectivity index (χ1n) is 8.35. The second-order valence-electron chi connectivity index (χ2n) is 7.44. The van der Waals surface area contributed by atoms with Crippen LogP contribution in [0.15, 0.2) is 12.1 Å². The van der Waals surface area contributed by atoms with Crippen molar-refractivity contribution >= 4 is 5.78 Å². The lowest BCUT2D eigenvalue weighted by Crippen LogP contribution is -2.76. The first-order valence-corrected chi connectivity index (χ1v) is 8.35. The maximum atomic E-state index is 12.7. The summed E-state index contributed by atoms with van der Waals surface area (Å²) in [5.74, 6) is 1.47. The molecular weight excluding hydrogens is 294 g/mol. The predicted molar refractivity (Wildman–Crippen MR) is 83.0 cm³/mol. The Bertz CT molecular complexity index is 732. The minimum atomic E-state index is -0.900. The van der Waals surface area contributed by atoms with Crippen LogP contribution >= 0.6 is 0 Å². The molecule has 1 saturated carbocycles. The van der Waals surface area contributed by atoms with Crippen molar-refractivity contribution in [1.29, 1.82) is 0 Å². The second-order valence-corrected chi connectivity index (χ2v) is 7.44. The molecule has 2 fully saturated rings. The molecule has 0 amide bonds. The maximum Gasteiger partial charge on any atom is 0.174 e. The molecule has 0 radical (unpaired) electrons. The van der Waals surface area contributed by atoms with E-state index in [0.29, 0.717) is 24.3 Å². The molecule has 0 aromatic heterocycles. The summed E-state index contributed by atoms with van der Waals surface area (Å²) in [6.07, 6.45) is 1.89. The molecule has 1 saturated heterocycles. The van der Waals surface area contributed by atoms with Crippen LogP contribution in [0.1, 0.15) is 30.4 Å². The van der Waals surface area contributed by atoms with E-state index in [2.05, 4.69) is 18.0 Å². The SMILES string of the molecule is COc1ccc2c3c1O[C@@H]1C(=O)CCC4(O)[C@@H](C2)N(C)CC[C@]314. The number of hydrogen-bond acceptors (Lipinski definition) is 5. The molecule has 5 heteroatoms. The van der Waals surface area contributed by atoms with Crippen molar-refractivity contribution in [3.63, 3.8) is 0 Å². The van der Waals surface area contributed by atoms with Crippen molar-refractivity contribution in [3.8, 4) is 11.5 Å². The highest BCUT2D eigenvalue weighted by molar-refractivity contribution is 5.90. The number of carbonyl (C=O) groups is 1. The van der Waals surface area contributed by atoms with Gasteiger partial charge < -0.3 is 19.5 Å². The molecule has 1 unspecified atom stereocenters. The van der Waals surface area contributed by atoms with Gasteiger partial charge >= 0.3 is 0 Å². The van der Waals surface area contributed by atoms with Crippen LogP contribution in [0.2, 0.25) is 0 Å². The van der Waals surface area contributed by atoms with E-state index >= 15 is 0 Å². The van der Waals surface area contributed by atoms with Gasteiger partial charge in [0.2, 0.25) is 0 Å². The van der Waals surface area contributed by atoms with Crippen LogP contribution in [0.5, 0.6) is 11.5 Å². The smallest absolute Gasteiger partial charge is 0.174 e. The number of rotatable bonds is 1. The second kappa shape index (κ2) is 4.08. The van der Waals surface area contributed by atoms with Crippen molar-refractivity contribution in [3.05, 3.63) is 23.3 Å². The van der Waals surface area contributed by atoms with E-state index in [0.717, 1.165) is 24.9 Å². The third-order valence-electron chi connectivity index (χ3n) is 6.73. The van der Waals surface area contributed by atoms with Gasteiger partial charge in [-0.05, 0) is 44.5 Å². The predicted octanol–water partition coefficient (Wildman–Crippen LogP) is 1.05. The number of ether oxygens (including phenoxy) is 2. The molecule has 1 N–H and O–H groups in total. The number of benzene rings is 1. The monoisotopic (exact) mass is 315 g/mol. The van der Waals surface area contributed by atoms with Crippen molar-refractivity contribution in [2.45, 2.75) is 48.8 Å². The molecule has 5 rings (SSSR count). The number of piperidine rings is 1. The molecule has 2 aliphatic carbocycles. The third-order valence-corrected chi connectivity index (χ3v) is 6.73. The fraction of sp³-hybridized carbons (Fsp3) is 0.611. The Balaban J connectivity index is 1.86. The van der Waals surface area contributed by atoms with Crippen molar-refractivity contribution in [1.82, 2.24) is 4.90 Å². The lowest BCUT2D eigenvalue weighted by Gasteiger charge is -2.62. The highest BCUT2D eigenvalue weighted by Gasteiger charge is 2.72. The molecule has 1 spiro atoms. The molecule has 1 aromatic rings. The third kappa shape index (κ3) is 1.32. The summed E-state index contributed by atoms with van der Waals surface area (Å²) in [5.41, 5.74) is 0.737. The number of likely N-dealkylation sites (tertiary alicyclic amines) is 1. The van der Waals surface area contributed by atoms with Crippen LogP contribution in [0.3, 0.4) is 0 Å². The van der Waals surface area contributed by atoms with E-state index < -0.39 is 17.1 Å². The molecule has 1 aromatic carbocycles. The largest absolute Gasteiger partial charge is 0.493 e. The highest BCUT2D eigenvalue weighted by Crippen LogP contribution is 2.64. The lowest BCUT2D eigenvalue weighted by atomic mass is 9.49. The maximum absolute atomic E-state index is 12.7. The summed E-state index contributed by atoms with van der Waals surface area (Å²) in [6, 6.07) is 4.05. The Kier molecular flexibility index (Phi) is 2.45. The molecule has 5 nitrogen and oxygen atoms in total. The van der Waals surface area contributed by atoms with Gasteiger partial charge in [-0.2, -0.15) is 0 Å². The quantitative estimate of drug-likeness (QED) is 0.839. The Labute approximate surface area is 135 Å². The van der Waals surface area contributed by atoms with E-state index in [9.17, 15) is 9.90 Å². The average Bonchev–Trinajstić information content (AvgIpc) is 2.90. The Hall–Kier alpha value is -1.59. The van der Waals surface area contributed by atoms with Crippen LogP contribution in [0, 0.1) is 0 Å². The van der Waals surface area contributed by atoms with Crippen LogP contribution in [-0.4, -0.2) is 54.2 Å². The standard InChI is InChI=1S/C18H21NO4/c1-19-8-7-17-14-10-3-4-12(22-2)15(14)23-16(17)11(20)5-6-18(17,21)13(19)9-10/h3-4,13,16,21H,5-9H2,1-2H3/t13-,16-,17+,18?/m1/s1. The molecule has 2 heterocycles. The summed E-state index contributed by atoms with van der Waals surface area (Å²) in [6.45, 7) is 0.871. The number of hydrogen-bond donors (Lipinski definition) is 1. The Morgan fingerprint density at radius 3 is 3.00 bits per heavy atom. The van der Waals surface area contributed by atoms with Crippen LogP contribution in [0.4, 0.5) is 0 Å². The minimum absolute atomic E-state index is 0.0438. The zero-order chi connectivity index (χ0) is 16.0. The van der Waals surface area contributed by atoms with Gasteiger partial charge in [0.1, 0.15) is 0 Å². The highest BCUT2D eigenvalue weighted by atomic mass is 16.5. The zero-order valence-electron chi connectivity index (χ0n) is 13.5.